The summed E-state index contributed by atoms with van der Waals surface area (Å²) in [7, 11) is -3.32. The molecule has 1 aliphatic carbocycles. The third kappa shape index (κ3) is 7.69. The first kappa shape index (κ1) is 34.6. The van der Waals surface area contributed by atoms with E-state index in [0.29, 0.717) is 36.1 Å². The lowest BCUT2D eigenvalue weighted by Gasteiger charge is -2.45. The standard InChI is InChI=1S/C39H48N2O5S/c1-7-20-47(45,46)32-18-16-27(17-19-32)26-12-14-28(15-13-26)36(34(42)24-39(4,5)6)41-33(21-25(2)3)37(43)40-35(38(41)44)31-22-29-10-8-9-11-30(29)23-31/h8-19,25,31,33,35-36H,7,20-24H2,1-6H3,(H,40,43)/t33-,35-,36-/m1/s1. The minimum absolute atomic E-state index is 0.0868. The van der Waals surface area contributed by atoms with Gasteiger partial charge in [0, 0.05) is 6.42 Å². The molecule has 8 heteroatoms. The van der Waals surface area contributed by atoms with Crippen LogP contribution in [-0.4, -0.2) is 48.8 Å². The number of piperazine rings is 1. The molecule has 2 amide bonds. The zero-order valence-corrected chi connectivity index (χ0v) is 29.3. The number of sulfone groups is 1. The van der Waals surface area contributed by atoms with Crippen molar-refractivity contribution in [2.75, 3.05) is 5.75 Å². The number of fused-ring (bicyclic) bond motifs is 1. The summed E-state index contributed by atoms with van der Waals surface area (Å²) in [6.07, 6.45) is 2.63. The van der Waals surface area contributed by atoms with Crippen LogP contribution in [0, 0.1) is 17.3 Å². The highest BCUT2D eigenvalue weighted by Gasteiger charge is 2.49. The largest absolute Gasteiger partial charge is 0.342 e. The Morgan fingerprint density at radius 2 is 1.45 bits per heavy atom. The molecule has 0 saturated carbocycles. The summed E-state index contributed by atoms with van der Waals surface area (Å²) in [6, 6.07) is 20.2. The molecule has 3 aromatic rings. The second-order valence-electron chi connectivity index (χ2n) is 14.9. The average molecular weight is 657 g/mol. The maximum absolute atomic E-state index is 14.6. The highest BCUT2D eigenvalue weighted by atomic mass is 32.2. The smallest absolute Gasteiger partial charge is 0.247 e. The molecule has 1 aliphatic heterocycles. The fourth-order valence-corrected chi connectivity index (χ4v) is 8.42. The van der Waals surface area contributed by atoms with Crippen LogP contribution in [0.2, 0.25) is 0 Å². The number of Topliss-reactive ketones (excluding diaryl/α,β-unsaturated/α-hetero) is 1. The molecule has 1 fully saturated rings. The fourth-order valence-electron chi connectivity index (χ4n) is 7.09. The van der Waals surface area contributed by atoms with Gasteiger partial charge < -0.3 is 10.2 Å². The van der Waals surface area contributed by atoms with E-state index < -0.39 is 28.0 Å². The first-order chi connectivity index (χ1) is 22.2. The molecule has 47 heavy (non-hydrogen) atoms. The Labute approximate surface area is 280 Å². The Balaban J connectivity index is 1.52. The lowest BCUT2D eigenvalue weighted by molar-refractivity contribution is -0.157. The number of hydrogen-bond donors (Lipinski definition) is 1. The van der Waals surface area contributed by atoms with Crippen molar-refractivity contribution in [1.82, 2.24) is 10.2 Å². The van der Waals surface area contributed by atoms with Crippen molar-refractivity contribution < 1.29 is 22.8 Å². The van der Waals surface area contributed by atoms with Gasteiger partial charge >= 0.3 is 0 Å². The Morgan fingerprint density at radius 3 is 1.96 bits per heavy atom. The monoisotopic (exact) mass is 656 g/mol. The van der Waals surface area contributed by atoms with Crippen LogP contribution in [-0.2, 0) is 37.1 Å². The maximum Gasteiger partial charge on any atom is 0.247 e. The predicted molar refractivity (Wildman–Crippen MR) is 185 cm³/mol. The number of benzene rings is 3. The Hall–Kier alpha value is -3.78. The molecule has 7 nitrogen and oxygen atoms in total. The van der Waals surface area contributed by atoms with Crippen molar-refractivity contribution in [1.29, 1.82) is 0 Å². The van der Waals surface area contributed by atoms with Gasteiger partial charge in [-0.3, -0.25) is 14.4 Å². The molecule has 0 bridgehead atoms. The van der Waals surface area contributed by atoms with Gasteiger partial charge in [-0.05, 0) is 82.9 Å². The summed E-state index contributed by atoms with van der Waals surface area (Å²) in [6.45, 7) is 11.9. The summed E-state index contributed by atoms with van der Waals surface area (Å²) in [4.78, 5) is 44.7. The van der Waals surface area contributed by atoms with Crippen LogP contribution in [0.1, 0.15) is 83.5 Å². The van der Waals surface area contributed by atoms with E-state index in [1.165, 1.54) is 11.1 Å². The Kier molecular flexibility index (Phi) is 10.1. The molecule has 2 aliphatic rings. The summed E-state index contributed by atoms with van der Waals surface area (Å²) in [5.41, 5.74) is 4.44. The zero-order chi connectivity index (χ0) is 34.1. The molecule has 3 aromatic carbocycles. The van der Waals surface area contributed by atoms with Gasteiger partial charge in [-0.25, -0.2) is 8.42 Å². The molecular weight excluding hydrogens is 609 g/mol. The van der Waals surface area contributed by atoms with Gasteiger partial charge in [-0.2, -0.15) is 0 Å². The van der Waals surface area contributed by atoms with E-state index in [0.717, 1.165) is 11.1 Å². The van der Waals surface area contributed by atoms with Crippen LogP contribution in [0.25, 0.3) is 11.1 Å². The van der Waals surface area contributed by atoms with Gasteiger partial charge in [0.1, 0.15) is 18.1 Å². The molecule has 0 aromatic heterocycles. The van der Waals surface area contributed by atoms with Crippen LogP contribution >= 0.6 is 0 Å². The first-order valence-corrected chi connectivity index (χ1v) is 18.5. The van der Waals surface area contributed by atoms with Crippen molar-refractivity contribution in [2.45, 2.75) is 96.7 Å². The highest BCUT2D eigenvalue weighted by molar-refractivity contribution is 7.91. The van der Waals surface area contributed by atoms with Crippen molar-refractivity contribution in [2.24, 2.45) is 17.3 Å². The lowest BCUT2D eigenvalue weighted by Crippen LogP contribution is -2.66. The van der Waals surface area contributed by atoms with Gasteiger partial charge in [0.15, 0.2) is 15.6 Å². The van der Waals surface area contributed by atoms with E-state index in [-0.39, 0.29) is 47.0 Å². The van der Waals surface area contributed by atoms with E-state index in [2.05, 4.69) is 17.4 Å². The number of rotatable bonds is 11. The number of hydrogen-bond acceptors (Lipinski definition) is 5. The molecule has 1 saturated heterocycles. The van der Waals surface area contributed by atoms with Gasteiger partial charge in [0.2, 0.25) is 11.8 Å². The molecular formula is C39H48N2O5S. The number of ketones is 1. The van der Waals surface area contributed by atoms with Crippen LogP contribution < -0.4 is 5.32 Å². The molecule has 5 rings (SSSR count). The zero-order valence-electron chi connectivity index (χ0n) is 28.5. The fraction of sp³-hybridized carbons (Fsp3) is 0.462. The third-order valence-electron chi connectivity index (χ3n) is 9.24. The van der Waals surface area contributed by atoms with Crippen molar-refractivity contribution in [3.63, 3.8) is 0 Å². The number of carbonyl (C=O) groups excluding carboxylic acids is 3. The maximum atomic E-state index is 14.6. The molecule has 1 N–H and O–H groups in total. The van der Waals surface area contributed by atoms with Gasteiger partial charge in [-0.15, -0.1) is 0 Å². The topological polar surface area (TPSA) is 101 Å². The minimum Gasteiger partial charge on any atom is -0.342 e. The van der Waals surface area contributed by atoms with Crippen molar-refractivity contribution in [3.8, 4) is 11.1 Å². The second kappa shape index (κ2) is 13.8. The van der Waals surface area contributed by atoms with Crippen LogP contribution in [0.4, 0.5) is 0 Å². The highest BCUT2D eigenvalue weighted by Crippen LogP contribution is 2.38. The van der Waals surface area contributed by atoms with E-state index >= 15 is 0 Å². The Bertz CT molecular complexity index is 1700. The lowest BCUT2D eigenvalue weighted by atomic mass is 9.83. The second-order valence-corrected chi connectivity index (χ2v) is 17.0. The third-order valence-corrected chi connectivity index (χ3v) is 11.2. The summed E-state index contributed by atoms with van der Waals surface area (Å²) in [5, 5.41) is 3.09. The first-order valence-electron chi connectivity index (χ1n) is 16.8. The molecule has 0 unspecified atom stereocenters. The van der Waals surface area contributed by atoms with Gasteiger partial charge in [-0.1, -0.05) is 102 Å². The van der Waals surface area contributed by atoms with E-state index in [1.54, 1.807) is 29.2 Å². The normalized spacial score (nSPS) is 19.5. The predicted octanol–water partition coefficient (Wildman–Crippen LogP) is 6.74. The van der Waals surface area contributed by atoms with Crippen LogP contribution in [0.15, 0.2) is 77.7 Å². The van der Waals surface area contributed by atoms with Crippen molar-refractivity contribution in [3.05, 3.63) is 89.5 Å². The van der Waals surface area contributed by atoms with Crippen LogP contribution in [0.3, 0.4) is 0 Å². The minimum atomic E-state index is -3.32. The van der Waals surface area contributed by atoms with E-state index in [4.69, 9.17) is 0 Å². The van der Waals surface area contributed by atoms with Gasteiger partial charge in [0.05, 0.1) is 10.6 Å². The molecule has 250 valence electrons. The molecule has 0 spiro atoms. The summed E-state index contributed by atoms with van der Waals surface area (Å²) in [5.74, 6) is -0.365. The summed E-state index contributed by atoms with van der Waals surface area (Å²) >= 11 is 0. The molecule has 3 atom stereocenters. The Morgan fingerprint density at radius 1 is 0.894 bits per heavy atom. The van der Waals surface area contributed by atoms with Gasteiger partial charge in [0.25, 0.3) is 0 Å². The molecule has 1 heterocycles. The van der Waals surface area contributed by atoms with E-state index in [1.807, 2.05) is 77.9 Å². The number of nitrogens with zero attached hydrogens (tertiary/aromatic N) is 1. The molecule has 0 radical (unpaired) electrons. The summed E-state index contributed by atoms with van der Waals surface area (Å²) < 4.78 is 25.1. The average Bonchev–Trinajstić information content (AvgIpc) is 3.44. The van der Waals surface area contributed by atoms with Crippen molar-refractivity contribution >= 4 is 27.4 Å². The SMILES string of the molecule is CCCS(=O)(=O)c1ccc(-c2ccc([C@H](C(=O)CC(C)(C)C)N3C(=O)[C@@H](C4Cc5ccccc5C4)NC(=O)[C@H]3CC(C)C)cc2)cc1. The van der Waals surface area contributed by atoms with E-state index in [9.17, 15) is 22.8 Å². The number of carbonyl (C=O) groups is 3. The number of nitrogens with one attached hydrogen (secondary N) is 1. The van der Waals surface area contributed by atoms with Crippen LogP contribution in [0.5, 0.6) is 0 Å². The number of amides is 2. The quantitative estimate of drug-likeness (QED) is 0.246.